The van der Waals surface area contributed by atoms with Gasteiger partial charge in [0.25, 0.3) is 11.8 Å². The molecule has 194 valence electrons. The van der Waals surface area contributed by atoms with E-state index < -0.39 is 0 Å². The number of anilines is 2. The van der Waals surface area contributed by atoms with Crippen molar-refractivity contribution in [3.63, 3.8) is 0 Å². The summed E-state index contributed by atoms with van der Waals surface area (Å²) in [5, 5.41) is 3.00. The van der Waals surface area contributed by atoms with E-state index in [0.717, 1.165) is 16.1 Å². The molecule has 0 radical (unpaired) electrons. The van der Waals surface area contributed by atoms with E-state index in [2.05, 4.69) is 31.1 Å². The van der Waals surface area contributed by atoms with Gasteiger partial charge in [-0.05, 0) is 47.9 Å². The molecule has 2 amide bonds. The molecule has 1 N–H and O–H groups in total. The van der Waals surface area contributed by atoms with Gasteiger partial charge in [0.15, 0.2) is 11.7 Å². The Hall–Kier alpha value is -4.24. The number of carbonyl (C=O) groups is 2. The van der Waals surface area contributed by atoms with E-state index in [-0.39, 0.29) is 17.2 Å². The number of imidazole rings is 1. The summed E-state index contributed by atoms with van der Waals surface area (Å²) < 4.78 is 7.61. The zero-order chi connectivity index (χ0) is 27.0. The van der Waals surface area contributed by atoms with Crippen LogP contribution in [0.1, 0.15) is 46.7 Å². The highest BCUT2D eigenvalue weighted by Gasteiger charge is 2.22. The van der Waals surface area contributed by atoms with Crippen molar-refractivity contribution in [3.05, 3.63) is 83.2 Å². The number of amides is 2. The topological polar surface area (TPSA) is 93.3 Å². The number of aryl methyl sites for hydroxylation is 1. The first-order chi connectivity index (χ1) is 18.1. The number of fused-ring (bicyclic) bond motifs is 1. The van der Waals surface area contributed by atoms with E-state index in [1.807, 2.05) is 47.0 Å². The summed E-state index contributed by atoms with van der Waals surface area (Å²) in [7, 11) is 1.75. The van der Waals surface area contributed by atoms with E-state index >= 15 is 0 Å². The largest absolute Gasteiger partial charge is 0.440 e. The Morgan fingerprint density at radius 2 is 1.84 bits per heavy atom. The highest BCUT2D eigenvalue weighted by Crippen LogP contribution is 2.31. The monoisotopic (exact) mass is 527 g/mol. The molecule has 0 aliphatic carbocycles. The molecule has 5 aromatic rings. The number of hydrogen-bond donors (Lipinski definition) is 1. The van der Waals surface area contributed by atoms with E-state index in [9.17, 15) is 9.59 Å². The summed E-state index contributed by atoms with van der Waals surface area (Å²) in [5.74, 6) is 1.31. The average Bonchev–Trinajstić information content (AvgIpc) is 3.62. The molecular weight excluding hydrogens is 498 g/mol. The predicted octanol–water partition coefficient (Wildman–Crippen LogP) is 6.64. The van der Waals surface area contributed by atoms with E-state index in [0.29, 0.717) is 40.1 Å². The lowest BCUT2D eigenvalue weighted by Crippen LogP contribution is -2.26. The van der Waals surface area contributed by atoms with E-state index in [1.165, 1.54) is 11.3 Å². The maximum atomic E-state index is 13.2. The minimum atomic E-state index is -0.250. The summed E-state index contributed by atoms with van der Waals surface area (Å²) >= 11 is 1.33. The van der Waals surface area contributed by atoms with Crippen LogP contribution in [0.25, 0.3) is 21.7 Å². The summed E-state index contributed by atoms with van der Waals surface area (Å²) in [6.45, 7) is 8.83. The van der Waals surface area contributed by atoms with Crippen LogP contribution in [-0.2, 0) is 6.54 Å². The maximum absolute atomic E-state index is 13.2. The van der Waals surface area contributed by atoms with Crippen LogP contribution >= 0.6 is 11.3 Å². The van der Waals surface area contributed by atoms with Crippen molar-refractivity contribution in [2.75, 3.05) is 17.3 Å². The molecule has 8 nitrogen and oxygen atoms in total. The van der Waals surface area contributed by atoms with Crippen LogP contribution in [0, 0.1) is 12.3 Å². The minimum absolute atomic E-state index is 0.0634. The average molecular weight is 528 g/mol. The van der Waals surface area contributed by atoms with Crippen molar-refractivity contribution in [3.8, 4) is 10.6 Å². The van der Waals surface area contributed by atoms with Gasteiger partial charge in [0.05, 0.1) is 27.0 Å². The fraction of sp³-hybridized carbons (Fsp3) is 0.241. The Morgan fingerprint density at radius 1 is 1.08 bits per heavy atom. The molecule has 0 bridgehead atoms. The zero-order valence-corrected chi connectivity index (χ0v) is 22.8. The molecule has 0 unspecified atom stereocenters. The Balaban J connectivity index is 1.46. The maximum Gasteiger partial charge on any atom is 0.268 e. The third kappa shape index (κ3) is 5.24. The molecule has 3 aromatic heterocycles. The van der Waals surface area contributed by atoms with Crippen LogP contribution in [0.5, 0.6) is 0 Å². The standard InChI is InChI=1S/C29H29N5O3S/c1-18-30-16-23(37-18)24-13-14-25(38-24)26(35)32-28-31-21-15-20(11-12-22(21)34(28)17-29(2,3)4)33(5)27(36)19-9-7-6-8-10-19/h6-16H,17H2,1-5H3,(H,31,32,35). The highest BCUT2D eigenvalue weighted by molar-refractivity contribution is 7.17. The van der Waals surface area contributed by atoms with Gasteiger partial charge in [-0.25, -0.2) is 9.97 Å². The molecule has 0 saturated heterocycles. The van der Waals surface area contributed by atoms with Crippen molar-refractivity contribution in [2.45, 2.75) is 34.2 Å². The number of nitrogens with one attached hydrogen (secondary N) is 1. The number of thiophene rings is 1. The lowest BCUT2D eigenvalue weighted by Gasteiger charge is -2.21. The second-order valence-electron chi connectivity index (χ2n) is 10.3. The number of nitrogens with zero attached hydrogens (tertiary/aromatic N) is 4. The molecule has 0 atom stereocenters. The van der Waals surface area contributed by atoms with Gasteiger partial charge in [-0.15, -0.1) is 11.3 Å². The molecule has 3 heterocycles. The second-order valence-corrected chi connectivity index (χ2v) is 11.4. The van der Waals surface area contributed by atoms with E-state index in [4.69, 9.17) is 9.40 Å². The Morgan fingerprint density at radius 3 is 2.53 bits per heavy atom. The molecule has 0 fully saturated rings. The zero-order valence-electron chi connectivity index (χ0n) is 22.0. The first kappa shape index (κ1) is 25.4. The van der Waals surface area contributed by atoms with Crippen LogP contribution in [0.15, 0.2) is 71.3 Å². The Kier molecular flexibility index (Phi) is 6.62. The van der Waals surface area contributed by atoms with Gasteiger partial charge in [0.1, 0.15) is 0 Å². The van der Waals surface area contributed by atoms with Gasteiger partial charge in [0, 0.05) is 31.8 Å². The molecule has 0 aliphatic heterocycles. The number of benzene rings is 2. The summed E-state index contributed by atoms with van der Waals surface area (Å²) in [6.07, 6.45) is 1.66. The normalized spacial score (nSPS) is 11.6. The number of carbonyl (C=O) groups excluding carboxylic acids is 2. The number of aromatic nitrogens is 3. The van der Waals surface area contributed by atoms with Crippen molar-refractivity contribution in [1.29, 1.82) is 0 Å². The van der Waals surface area contributed by atoms with Crippen LogP contribution in [-0.4, -0.2) is 33.4 Å². The third-order valence-corrected chi connectivity index (χ3v) is 7.09. The summed E-state index contributed by atoms with van der Waals surface area (Å²) in [5.41, 5.74) is 2.83. The third-order valence-electron chi connectivity index (χ3n) is 6.00. The number of rotatable bonds is 6. The second kappa shape index (κ2) is 9.90. The van der Waals surface area contributed by atoms with Crippen LogP contribution in [0.3, 0.4) is 0 Å². The van der Waals surface area contributed by atoms with Crippen LogP contribution in [0.4, 0.5) is 11.6 Å². The summed E-state index contributed by atoms with van der Waals surface area (Å²) in [4.78, 5) is 38.1. The predicted molar refractivity (Wildman–Crippen MR) is 151 cm³/mol. The van der Waals surface area contributed by atoms with Gasteiger partial charge in [0.2, 0.25) is 5.95 Å². The minimum Gasteiger partial charge on any atom is -0.440 e. The summed E-state index contributed by atoms with van der Waals surface area (Å²) in [6, 6.07) is 18.5. The van der Waals surface area contributed by atoms with Crippen LogP contribution in [0.2, 0.25) is 0 Å². The van der Waals surface area contributed by atoms with Crippen molar-refractivity contribution in [1.82, 2.24) is 14.5 Å². The molecule has 2 aromatic carbocycles. The van der Waals surface area contributed by atoms with E-state index in [1.54, 1.807) is 43.3 Å². The molecule has 9 heteroatoms. The first-order valence-corrected chi connectivity index (χ1v) is 13.1. The van der Waals surface area contributed by atoms with Crippen LogP contribution < -0.4 is 10.2 Å². The van der Waals surface area contributed by atoms with Gasteiger partial charge >= 0.3 is 0 Å². The van der Waals surface area contributed by atoms with Crippen molar-refractivity contribution >= 4 is 45.8 Å². The van der Waals surface area contributed by atoms with Crippen molar-refractivity contribution < 1.29 is 14.0 Å². The van der Waals surface area contributed by atoms with Gasteiger partial charge < -0.3 is 13.9 Å². The Labute approximate surface area is 224 Å². The molecular formula is C29H29N5O3S. The first-order valence-electron chi connectivity index (χ1n) is 12.3. The molecule has 38 heavy (non-hydrogen) atoms. The lowest BCUT2D eigenvalue weighted by molar-refractivity contribution is 0.0991. The molecule has 5 rings (SSSR count). The van der Waals surface area contributed by atoms with Gasteiger partial charge in [-0.2, -0.15) is 0 Å². The molecule has 0 spiro atoms. The fourth-order valence-electron chi connectivity index (χ4n) is 4.18. The number of oxazole rings is 1. The quantitative estimate of drug-likeness (QED) is 0.267. The SMILES string of the molecule is Cc1ncc(-c2ccc(C(=O)Nc3nc4cc(N(C)C(=O)c5ccccc5)ccc4n3CC(C)(C)C)s2)o1. The van der Waals surface area contributed by atoms with Gasteiger partial charge in [-0.3, -0.25) is 14.9 Å². The highest BCUT2D eigenvalue weighted by atomic mass is 32.1. The fourth-order valence-corrected chi connectivity index (χ4v) is 5.03. The Bertz CT molecular complexity index is 1620. The lowest BCUT2D eigenvalue weighted by atomic mass is 9.97. The van der Waals surface area contributed by atoms with Crippen molar-refractivity contribution in [2.24, 2.45) is 5.41 Å². The van der Waals surface area contributed by atoms with Gasteiger partial charge in [-0.1, -0.05) is 39.0 Å². The molecule has 0 saturated carbocycles. The molecule has 0 aliphatic rings. The smallest absolute Gasteiger partial charge is 0.268 e. The number of hydrogen-bond acceptors (Lipinski definition) is 6.